The van der Waals surface area contributed by atoms with E-state index in [0.29, 0.717) is 23.7 Å². The van der Waals surface area contributed by atoms with E-state index in [1.54, 1.807) is 0 Å². The van der Waals surface area contributed by atoms with E-state index < -0.39 is 164 Å². The van der Waals surface area contributed by atoms with E-state index in [9.17, 15) is 88.5 Å². The van der Waals surface area contributed by atoms with E-state index >= 15 is 0 Å². The molecule has 0 saturated carbocycles. The summed E-state index contributed by atoms with van der Waals surface area (Å²) in [6.07, 6.45) is -5.47. The topological polar surface area (TPSA) is 473 Å². The Morgan fingerprint density at radius 2 is 1.20 bits per heavy atom. The van der Waals surface area contributed by atoms with Gasteiger partial charge in [-0.05, 0) is 70.6 Å². The van der Waals surface area contributed by atoms with E-state index in [2.05, 4.69) is 34.8 Å². The molecule has 30 heteroatoms. The molecule has 0 aromatic heterocycles. The molecule has 0 aromatic rings. The number of aliphatic carboxylic acids is 2. The first-order valence-corrected chi connectivity index (χ1v) is 27.3. The first-order chi connectivity index (χ1) is 37.8. The van der Waals surface area contributed by atoms with Gasteiger partial charge in [0.2, 0.25) is 47.3 Å². The summed E-state index contributed by atoms with van der Waals surface area (Å²) in [5, 5.41) is 84.8. The molecular weight excluding hydrogens is 1060 g/mol. The van der Waals surface area contributed by atoms with Crippen molar-refractivity contribution in [3.05, 3.63) is 0 Å². The zero-order valence-electron chi connectivity index (χ0n) is 45.4. The summed E-state index contributed by atoms with van der Waals surface area (Å²) < 4.78 is 5.65. The average molecular weight is 1140 g/mol. The number of carbonyl (C=O) groups is 11. The molecule has 4 rings (SSSR count). The van der Waals surface area contributed by atoms with Crippen LogP contribution < -0.4 is 38.1 Å². The van der Waals surface area contributed by atoms with E-state index in [-0.39, 0.29) is 77.0 Å². The third kappa shape index (κ3) is 18.4. The van der Waals surface area contributed by atoms with Crippen molar-refractivity contribution in [3.8, 4) is 0 Å². The SMILES string of the molecule is CC(C)CCCCCCCCC1CC(=O)NC(C(C)O)C(=O)N2CCCC2C(=O)N2CCCC2C(=O)NC(CCCN=C(N)N)C(=O)NC(C(O)C(=O)O)C(=O)NC(CO)C(=O)N2CCC(O)C2C(=O)NC(C(O)C(=O)O)C(=O)O1. The number of guanidine groups is 1. The number of ether oxygens (including phenoxy) is 1. The predicted molar refractivity (Wildman–Crippen MR) is 277 cm³/mol. The molecular formula is C50H81N11O19. The zero-order valence-corrected chi connectivity index (χ0v) is 45.4. The number of aliphatic hydroxyl groups is 5. The molecule has 16 N–H and O–H groups in total. The highest BCUT2D eigenvalue weighted by Gasteiger charge is 2.48. The highest BCUT2D eigenvalue weighted by atomic mass is 16.5. The molecule has 0 radical (unpaired) electrons. The first-order valence-electron chi connectivity index (χ1n) is 27.3. The molecule has 0 bridgehead atoms. The number of cyclic esters (lactones) is 1. The summed E-state index contributed by atoms with van der Waals surface area (Å²) in [5.41, 5.74) is 10.9. The number of aliphatic hydroxyl groups excluding tert-OH is 5. The van der Waals surface area contributed by atoms with Crippen molar-refractivity contribution in [2.24, 2.45) is 22.4 Å². The Morgan fingerprint density at radius 3 is 1.80 bits per heavy atom. The van der Waals surface area contributed by atoms with Crippen molar-refractivity contribution in [2.45, 2.75) is 202 Å². The first kappa shape index (κ1) is 65.8. The minimum atomic E-state index is -2.76. The smallest absolute Gasteiger partial charge is 0.335 e. The fourth-order valence-corrected chi connectivity index (χ4v) is 10.2. The van der Waals surface area contributed by atoms with Gasteiger partial charge in [0.05, 0.1) is 25.2 Å². The Kier molecular flexibility index (Phi) is 25.7. The molecule has 80 heavy (non-hydrogen) atoms. The quantitative estimate of drug-likeness (QED) is 0.0249. The van der Waals surface area contributed by atoms with Gasteiger partial charge < -0.3 is 93.2 Å². The fraction of sp³-hybridized carbons (Fsp3) is 0.760. The normalized spacial score (nSPS) is 28.4. The number of carboxylic acids is 2. The second kappa shape index (κ2) is 31.3. The van der Waals surface area contributed by atoms with Crippen LogP contribution in [0, 0.1) is 5.92 Å². The van der Waals surface area contributed by atoms with Crippen LogP contribution in [0.5, 0.6) is 0 Å². The van der Waals surface area contributed by atoms with Gasteiger partial charge in [-0.3, -0.25) is 43.3 Å². The van der Waals surface area contributed by atoms with Crippen LogP contribution in [-0.4, -0.2) is 233 Å². The summed E-state index contributed by atoms with van der Waals surface area (Å²) >= 11 is 0. The van der Waals surface area contributed by atoms with E-state index in [1.807, 2.05) is 10.6 Å². The van der Waals surface area contributed by atoms with Crippen molar-refractivity contribution in [2.75, 3.05) is 32.8 Å². The highest BCUT2D eigenvalue weighted by Crippen LogP contribution is 2.27. The Labute approximate surface area is 462 Å². The van der Waals surface area contributed by atoms with Crippen molar-refractivity contribution in [1.29, 1.82) is 0 Å². The lowest BCUT2D eigenvalue weighted by Crippen LogP contribution is -2.64. The van der Waals surface area contributed by atoms with Gasteiger partial charge in [0.25, 0.3) is 0 Å². The Bertz CT molecular complexity index is 2250. The number of amides is 8. The van der Waals surface area contributed by atoms with Crippen LogP contribution >= 0.6 is 0 Å². The van der Waals surface area contributed by atoms with Crippen LogP contribution in [0.15, 0.2) is 4.99 Å². The van der Waals surface area contributed by atoms with E-state index in [0.717, 1.165) is 37.0 Å². The summed E-state index contributed by atoms with van der Waals surface area (Å²) in [5.74, 6) is -14.6. The predicted octanol–water partition coefficient (Wildman–Crippen LogP) is -5.24. The lowest BCUT2D eigenvalue weighted by molar-refractivity contribution is -0.165. The number of nitrogens with zero attached hydrogens (tertiary/aromatic N) is 4. The number of hydrogen-bond donors (Lipinski definition) is 14. The lowest BCUT2D eigenvalue weighted by atomic mass is 10.0. The number of fused-ring (bicyclic) bond motifs is 3. The highest BCUT2D eigenvalue weighted by molar-refractivity contribution is 6.00. The van der Waals surface area contributed by atoms with Gasteiger partial charge in [-0.25, -0.2) is 14.4 Å². The minimum absolute atomic E-state index is 0.00851. The van der Waals surface area contributed by atoms with Crippen LogP contribution in [-0.2, 0) is 57.5 Å². The summed E-state index contributed by atoms with van der Waals surface area (Å²) in [6.45, 7) is 3.54. The molecule has 450 valence electrons. The van der Waals surface area contributed by atoms with Crippen LogP contribution in [0.25, 0.3) is 0 Å². The van der Waals surface area contributed by atoms with Crippen molar-refractivity contribution < 1.29 is 93.2 Å². The fourth-order valence-electron chi connectivity index (χ4n) is 10.2. The van der Waals surface area contributed by atoms with Gasteiger partial charge in [0, 0.05) is 26.2 Å². The third-order valence-corrected chi connectivity index (χ3v) is 14.5. The Hall–Kier alpha value is -6.76. The van der Waals surface area contributed by atoms with E-state index in [1.165, 1.54) is 11.8 Å². The maximum Gasteiger partial charge on any atom is 0.335 e. The molecule has 0 spiro atoms. The zero-order chi connectivity index (χ0) is 59.5. The van der Waals surface area contributed by atoms with Crippen LogP contribution in [0.1, 0.15) is 124 Å². The average Bonchev–Trinajstić information content (AvgIpc) is 4.19. The number of unbranched alkanes of at least 4 members (excludes halogenated alkanes) is 5. The number of rotatable bonds is 19. The van der Waals surface area contributed by atoms with Gasteiger partial charge in [0.1, 0.15) is 48.4 Å². The maximum atomic E-state index is 14.4. The molecule has 30 nitrogen and oxygen atoms in total. The third-order valence-electron chi connectivity index (χ3n) is 14.5. The second-order valence-corrected chi connectivity index (χ2v) is 21.1. The maximum absolute atomic E-state index is 14.4. The molecule has 4 fully saturated rings. The molecule has 0 aliphatic carbocycles. The van der Waals surface area contributed by atoms with Crippen molar-refractivity contribution >= 4 is 71.1 Å². The monoisotopic (exact) mass is 1140 g/mol. The van der Waals surface area contributed by atoms with Gasteiger partial charge in [-0.15, -0.1) is 0 Å². The van der Waals surface area contributed by atoms with Crippen LogP contribution in [0.4, 0.5) is 0 Å². The number of aliphatic imine (C=N–C) groups is 1. The van der Waals surface area contributed by atoms with Crippen LogP contribution in [0.2, 0.25) is 0 Å². The molecule has 4 aliphatic heterocycles. The summed E-state index contributed by atoms with van der Waals surface area (Å²) in [6, 6.07) is -14.9. The minimum Gasteiger partial charge on any atom is -0.479 e. The van der Waals surface area contributed by atoms with Crippen molar-refractivity contribution in [1.82, 2.24) is 41.3 Å². The molecule has 13 atom stereocenters. The number of esters is 1. The van der Waals surface area contributed by atoms with Crippen molar-refractivity contribution in [3.63, 3.8) is 0 Å². The van der Waals surface area contributed by atoms with Gasteiger partial charge in [-0.2, -0.15) is 0 Å². The number of hydrogen-bond acceptors (Lipinski definition) is 18. The van der Waals surface area contributed by atoms with Crippen LogP contribution in [0.3, 0.4) is 0 Å². The van der Waals surface area contributed by atoms with Gasteiger partial charge >= 0.3 is 17.9 Å². The van der Waals surface area contributed by atoms with E-state index in [4.69, 9.17) is 16.2 Å². The molecule has 4 aliphatic rings. The second-order valence-electron chi connectivity index (χ2n) is 21.1. The molecule has 0 aromatic carbocycles. The summed E-state index contributed by atoms with van der Waals surface area (Å²) in [4.78, 5) is 158. The largest absolute Gasteiger partial charge is 0.479 e. The molecule has 8 amide bonds. The standard InChI is InChI=1S/C50H81N11O19/c1-25(2)13-8-6-4-5-7-9-14-27-23-33(65)56-34(26(3)63)46(74)60-21-12-17-31(60)45(73)59-20-11-16-30(59)41(69)54-28(15-10-19-53-50(51)52)40(68)57-35(38(66)47(75)76)42(70)55-29(24-62)44(72)61-22-18-32(64)37(61)43(71)58-36(49(79)80-27)39(67)48(77)78/h25-32,34-39,62-64,66-67H,4-24H2,1-3H3,(H,54,69)(H,55,70)(H,56,65)(H,57,68)(H,58,71)(H,75,76)(H,77,78)(H4,51,52,53). The Balaban J connectivity index is 1.79. The number of nitrogens with one attached hydrogen (secondary N) is 5. The lowest BCUT2D eigenvalue weighted by Gasteiger charge is -2.34. The Morgan fingerprint density at radius 1 is 0.625 bits per heavy atom. The molecule has 13 unspecified atom stereocenters. The molecule has 4 saturated heterocycles. The van der Waals surface area contributed by atoms with Gasteiger partial charge in [-0.1, -0.05) is 52.4 Å². The number of carbonyl (C=O) groups excluding carboxylic acids is 9. The van der Waals surface area contributed by atoms with Gasteiger partial charge in [0.15, 0.2) is 24.2 Å². The number of nitrogens with two attached hydrogens (primary N) is 2. The summed E-state index contributed by atoms with van der Waals surface area (Å²) in [7, 11) is 0. The molecule has 4 heterocycles. The number of carboxylic acid groups (broad SMARTS) is 2.